The molecular weight excluding hydrogens is 186 g/mol. The molecule has 5 heteroatoms. The number of primary amides is 1. The number of aromatic nitrogens is 1. The highest BCUT2D eigenvalue weighted by Crippen LogP contribution is 2.25. The molecule has 0 aliphatic rings. The van der Waals surface area contributed by atoms with Crippen molar-refractivity contribution in [3.63, 3.8) is 0 Å². The van der Waals surface area contributed by atoms with Crippen molar-refractivity contribution in [3.05, 3.63) is 11.1 Å². The first-order valence-electron chi connectivity index (χ1n) is 3.92. The maximum absolute atomic E-state index is 10.5. The van der Waals surface area contributed by atoms with Gasteiger partial charge in [-0.1, -0.05) is 20.8 Å². The standard InChI is InChI=1S/C8H13N3OS/c1-8(2,3)5-4-13-7(10-5)11-6(9)12/h4H,1-3H3,(H3,9,10,11,12). The van der Waals surface area contributed by atoms with E-state index >= 15 is 0 Å². The number of nitrogens with one attached hydrogen (secondary N) is 1. The first-order valence-corrected chi connectivity index (χ1v) is 4.80. The number of amides is 2. The molecule has 0 aliphatic carbocycles. The van der Waals surface area contributed by atoms with Crippen LogP contribution in [0.1, 0.15) is 26.5 Å². The van der Waals surface area contributed by atoms with Crippen molar-refractivity contribution in [2.45, 2.75) is 26.2 Å². The summed E-state index contributed by atoms with van der Waals surface area (Å²) in [4.78, 5) is 14.7. The van der Waals surface area contributed by atoms with Crippen LogP contribution in [0.4, 0.5) is 9.93 Å². The minimum Gasteiger partial charge on any atom is -0.351 e. The highest BCUT2D eigenvalue weighted by atomic mass is 32.1. The number of rotatable bonds is 1. The van der Waals surface area contributed by atoms with E-state index in [0.29, 0.717) is 5.13 Å². The summed E-state index contributed by atoms with van der Waals surface area (Å²) >= 11 is 1.38. The molecule has 1 heterocycles. The van der Waals surface area contributed by atoms with Gasteiger partial charge in [-0.15, -0.1) is 11.3 Å². The van der Waals surface area contributed by atoms with Crippen molar-refractivity contribution in [3.8, 4) is 0 Å². The van der Waals surface area contributed by atoms with E-state index in [-0.39, 0.29) is 5.41 Å². The summed E-state index contributed by atoms with van der Waals surface area (Å²) in [6.07, 6.45) is 0. The lowest BCUT2D eigenvalue weighted by Gasteiger charge is -2.13. The Labute approximate surface area is 81.2 Å². The zero-order valence-corrected chi connectivity index (χ0v) is 8.73. The van der Waals surface area contributed by atoms with Crippen molar-refractivity contribution in [2.24, 2.45) is 5.73 Å². The topological polar surface area (TPSA) is 68.0 Å². The molecule has 0 spiro atoms. The summed E-state index contributed by atoms with van der Waals surface area (Å²) in [5.41, 5.74) is 5.93. The van der Waals surface area contributed by atoms with Gasteiger partial charge in [-0.2, -0.15) is 0 Å². The Morgan fingerprint density at radius 1 is 1.62 bits per heavy atom. The Morgan fingerprint density at radius 3 is 2.62 bits per heavy atom. The molecule has 2 amide bonds. The van der Waals surface area contributed by atoms with Crippen molar-refractivity contribution >= 4 is 22.5 Å². The van der Waals surface area contributed by atoms with Gasteiger partial charge in [-0.05, 0) is 0 Å². The summed E-state index contributed by atoms with van der Waals surface area (Å²) < 4.78 is 0. The number of nitrogens with two attached hydrogens (primary N) is 1. The first kappa shape index (κ1) is 9.98. The predicted molar refractivity (Wildman–Crippen MR) is 54.0 cm³/mol. The molecule has 0 saturated carbocycles. The number of carbonyl (C=O) groups is 1. The van der Waals surface area contributed by atoms with Crippen LogP contribution in [0.25, 0.3) is 0 Å². The number of nitrogens with zero attached hydrogens (tertiary/aromatic N) is 1. The summed E-state index contributed by atoms with van der Waals surface area (Å²) in [6.45, 7) is 6.20. The van der Waals surface area contributed by atoms with E-state index in [1.807, 2.05) is 5.38 Å². The van der Waals surface area contributed by atoms with Gasteiger partial charge in [0.25, 0.3) is 0 Å². The van der Waals surface area contributed by atoms with Crippen LogP contribution >= 0.6 is 11.3 Å². The molecule has 72 valence electrons. The van der Waals surface area contributed by atoms with Gasteiger partial charge in [0.1, 0.15) is 0 Å². The summed E-state index contributed by atoms with van der Waals surface area (Å²) in [5.74, 6) is 0. The largest absolute Gasteiger partial charge is 0.351 e. The maximum Gasteiger partial charge on any atom is 0.318 e. The van der Waals surface area contributed by atoms with Gasteiger partial charge in [0.15, 0.2) is 5.13 Å². The lowest BCUT2D eigenvalue weighted by molar-refractivity contribution is 0.259. The third kappa shape index (κ3) is 2.69. The van der Waals surface area contributed by atoms with E-state index in [1.165, 1.54) is 11.3 Å². The van der Waals surface area contributed by atoms with Crippen molar-refractivity contribution in [2.75, 3.05) is 5.32 Å². The molecule has 1 rings (SSSR count). The smallest absolute Gasteiger partial charge is 0.318 e. The second-order valence-corrected chi connectivity index (χ2v) is 4.64. The normalized spacial score (nSPS) is 11.3. The minimum absolute atomic E-state index is 0.00801. The van der Waals surface area contributed by atoms with Crippen LogP contribution in [0.3, 0.4) is 0 Å². The van der Waals surface area contributed by atoms with Crippen LogP contribution < -0.4 is 11.1 Å². The Kier molecular flexibility index (Phi) is 2.56. The van der Waals surface area contributed by atoms with E-state index < -0.39 is 6.03 Å². The Bertz CT molecular complexity index is 313. The zero-order valence-electron chi connectivity index (χ0n) is 7.92. The highest BCUT2D eigenvalue weighted by molar-refractivity contribution is 7.13. The van der Waals surface area contributed by atoms with Crippen LogP contribution in [0.5, 0.6) is 0 Å². The molecule has 0 unspecified atom stereocenters. The number of urea groups is 1. The van der Waals surface area contributed by atoms with Gasteiger partial charge >= 0.3 is 6.03 Å². The highest BCUT2D eigenvalue weighted by Gasteiger charge is 2.17. The third-order valence-electron chi connectivity index (χ3n) is 1.50. The maximum atomic E-state index is 10.5. The van der Waals surface area contributed by atoms with Gasteiger partial charge in [0.2, 0.25) is 0 Å². The van der Waals surface area contributed by atoms with Crippen molar-refractivity contribution < 1.29 is 4.79 Å². The second-order valence-electron chi connectivity index (χ2n) is 3.78. The van der Waals surface area contributed by atoms with Crippen molar-refractivity contribution in [1.82, 2.24) is 4.98 Å². The average Bonchev–Trinajstić information content (AvgIpc) is 2.32. The summed E-state index contributed by atoms with van der Waals surface area (Å²) in [5, 5.41) is 4.92. The van der Waals surface area contributed by atoms with E-state index in [2.05, 4.69) is 31.1 Å². The predicted octanol–water partition coefficient (Wildman–Crippen LogP) is 1.93. The molecule has 0 saturated heterocycles. The summed E-state index contributed by atoms with van der Waals surface area (Å²) in [7, 11) is 0. The molecule has 1 aromatic heterocycles. The molecular formula is C8H13N3OS. The monoisotopic (exact) mass is 199 g/mol. The second kappa shape index (κ2) is 3.33. The van der Waals surface area contributed by atoms with Crippen molar-refractivity contribution in [1.29, 1.82) is 0 Å². The van der Waals surface area contributed by atoms with Crippen LogP contribution in [-0.2, 0) is 5.41 Å². The first-order chi connectivity index (χ1) is 5.89. The average molecular weight is 199 g/mol. The molecule has 0 radical (unpaired) electrons. The minimum atomic E-state index is -0.574. The molecule has 4 nitrogen and oxygen atoms in total. The fourth-order valence-electron chi connectivity index (χ4n) is 0.781. The van der Waals surface area contributed by atoms with Gasteiger partial charge in [-0.25, -0.2) is 9.78 Å². The van der Waals surface area contributed by atoms with Gasteiger partial charge < -0.3 is 5.73 Å². The molecule has 0 fully saturated rings. The molecule has 0 aromatic carbocycles. The van der Waals surface area contributed by atoms with Crippen LogP contribution in [0.15, 0.2) is 5.38 Å². The molecule has 0 bridgehead atoms. The lowest BCUT2D eigenvalue weighted by Crippen LogP contribution is -2.19. The van der Waals surface area contributed by atoms with Crippen LogP contribution in [-0.4, -0.2) is 11.0 Å². The van der Waals surface area contributed by atoms with Crippen LogP contribution in [0.2, 0.25) is 0 Å². The molecule has 1 aromatic rings. The molecule has 13 heavy (non-hydrogen) atoms. The van der Waals surface area contributed by atoms with E-state index in [4.69, 9.17) is 5.73 Å². The van der Waals surface area contributed by atoms with Gasteiger partial charge in [-0.3, -0.25) is 5.32 Å². The molecule has 3 N–H and O–H groups in total. The summed E-state index contributed by atoms with van der Waals surface area (Å²) in [6, 6.07) is -0.574. The third-order valence-corrected chi connectivity index (χ3v) is 2.26. The van der Waals surface area contributed by atoms with E-state index in [0.717, 1.165) is 5.69 Å². The molecule has 0 atom stereocenters. The Morgan fingerprint density at radius 2 is 2.23 bits per heavy atom. The van der Waals surface area contributed by atoms with E-state index in [1.54, 1.807) is 0 Å². The molecule has 0 aliphatic heterocycles. The lowest BCUT2D eigenvalue weighted by atomic mass is 9.93. The number of thiazole rings is 1. The fourth-order valence-corrected chi connectivity index (χ4v) is 1.72. The van der Waals surface area contributed by atoms with Gasteiger partial charge in [0.05, 0.1) is 5.69 Å². The van der Waals surface area contributed by atoms with E-state index in [9.17, 15) is 4.79 Å². The number of hydrogen-bond acceptors (Lipinski definition) is 3. The SMILES string of the molecule is CC(C)(C)c1csc(NC(N)=O)n1. The Hall–Kier alpha value is -1.10. The number of anilines is 1. The number of hydrogen-bond donors (Lipinski definition) is 2. The number of carbonyl (C=O) groups excluding carboxylic acids is 1. The quantitative estimate of drug-likeness (QED) is 0.725. The van der Waals surface area contributed by atoms with Crippen LogP contribution in [0, 0.1) is 0 Å². The zero-order chi connectivity index (χ0) is 10.1. The Balaban J connectivity index is 2.81. The fraction of sp³-hybridized carbons (Fsp3) is 0.500. The van der Waals surface area contributed by atoms with Gasteiger partial charge in [0, 0.05) is 10.8 Å².